The van der Waals surface area contributed by atoms with Gasteiger partial charge in [0.15, 0.2) is 0 Å². The number of rotatable bonds is 14. The van der Waals surface area contributed by atoms with Gasteiger partial charge >= 0.3 is 11.9 Å². The summed E-state index contributed by atoms with van der Waals surface area (Å²) in [4.78, 5) is 23.6. The van der Waals surface area contributed by atoms with Crippen LogP contribution in [0.15, 0.2) is 42.5 Å². The van der Waals surface area contributed by atoms with Crippen LogP contribution in [0.4, 0.5) is 0 Å². The van der Waals surface area contributed by atoms with Gasteiger partial charge < -0.3 is 10.2 Å². The third-order valence-corrected chi connectivity index (χ3v) is 5.63. The van der Waals surface area contributed by atoms with Crippen LogP contribution in [0.2, 0.25) is 0 Å². The van der Waals surface area contributed by atoms with Crippen molar-refractivity contribution in [2.24, 2.45) is 0 Å². The van der Waals surface area contributed by atoms with Gasteiger partial charge in [0.2, 0.25) is 0 Å². The number of carboxylic acids is 2. The standard InChI is InChI=1S/C26H34O4/c1-2-3-4-5-6-7-8-9-13-16-21-17-18-22(25(27)28)24(26(29)30)23(21)19-20-14-11-10-12-15-20/h10-12,14-15,17-18H,2-9,13,16,19H2,1H3,(H,27,28)(H,29,30). The number of benzene rings is 2. The molecule has 0 spiro atoms. The quantitative estimate of drug-likeness (QED) is 0.338. The number of aromatic carboxylic acids is 2. The number of aryl methyl sites for hydroxylation is 1. The van der Waals surface area contributed by atoms with Crippen LogP contribution in [-0.2, 0) is 12.8 Å². The van der Waals surface area contributed by atoms with Gasteiger partial charge in [0.1, 0.15) is 0 Å². The van der Waals surface area contributed by atoms with Gasteiger partial charge in [0.05, 0.1) is 11.1 Å². The molecule has 0 aliphatic carbocycles. The molecule has 0 saturated carbocycles. The topological polar surface area (TPSA) is 74.6 Å². The molecule has 2 aromatic rings. The van der Waals surface area contributed by atoms with Gasteiger partial charge in [0, 0.05) is 0 Å². The van der Waals surface area contributed by atoms with Gasteiger partial charge in [-0.1, -0.05) is 94.7 Å². The molecule has 4 nitrogen and oxygen atoms in total. The van der Waals surface area contributed by atoms with E-state index in [0.29, 0.717) is 12.0 Å². The first-order chi connectivity index (χ1) is 14.5. The molecule has 0 aliphatic heterocycles. The summed E-state index contributed by atoms with van der Waals surface area (Å²) in [7, 11) is 0. The summed E-state index contributed by atoms with van der Waals surface area (Å²) in [6, 6.07) is 12.9. The molecule has 0 saturated heterocycles. The Kier molecular flexibility index (Phi) is 10.1. The van der Waals surface area contributed by atoms with Crippen LogP contribution >= 0.6 is 0 Å². The van der Waals surface area contributed by atoms with Crippen molar-refractivity contribution in [3.8, 4) is 0 Å². The molecule has 0 bridgehead atoms. The summed E-state index contributed by atoms with van der Waals surface area (Å²) in [6.07, 6.45) is 12.3. The molecule has 0 unspecified atom stereocenters. The van der Waals surface area contributed by atoms with Crippen molar-refractivity contribution in [3.63, 3.8) is 0 Å². The summed E-state index contributed by atoms with van der Waals surface area (Å²) in [5.74, 6) is -2.37. The fourth-order valence-electron chi connectivity index (χ4n) is 3.98. The summed E-state index contributed by atoms with van der Waals surface area (Å²) in [5.41, 5.74) is 2.36. The average Bonchev–Trinajstić information content (AvgIpc) is 2.73. The molecule has 2 N–H and O–H groups in total. The van der Waals surface area contributed by atoms with E-state index >= 15 is 0 Å². The molecule has 162 valence electrons. The SMILES string of the molecule is CCCCCCCCCCCc1ccc(C(=O)O)c(C(=O)O)c1Cc1ccccc1. The van der Waals surface area contributed by atoms with Gasteiger partial charge in [-0.2, -0.15) is 0 Å². The first-order valence-electron chi connectivity index (χ1n) is 11.2. The predicted molar refractivity (Wildman–Crippen MR) is 121 cm³/mol. The first kappa shape index (κ1) is 23.7. The highest BCUT2D eigenvalue weighted by atomic mass is 16.4. The zero-order valence-corrected chi connectivity index (χ0v) is 18.0. The zero-order chi connectivity index (χ0) is 21.8. The van der Waals surface area contributed by atoms with Crippen molar-refractivity contribution < 1.29 is 19.8 Å². The number of hydrogen-bond acceptors (Lipinski definition) is 2. The first-order valence-corrected chi connectivity index (χ1v) is 11.2. The Morgan fingerprint density at radius 2 is 1.33 bits per heavy atom. The van der Waals surface area contributed by atoms with Crippen LogP contribution < -0.4 is 0 Å². The average molecular weight is 411 g/mol. The maximum Gasteiger partial charge on any atom is 0.336 e. The molecule has 0 aromatic heterocycles. The molecule has 30 heavy (non-hydrogen) atoms. The molecule has 0 fully saturated rings. The van der Waals surface area contributed by atoms with E-state index in [4.69, 9.17) is 0 Å². The summed E-state index contributed by atoms with van der Waals surface area (Å²) >= 11 is 0. The molecule has 0 aliphatic rings. The van der Waals surface area contributed by atoms with Crippen molar-refractivity contribution in [2.45, 2.75) is 77.6 Å². The van der Waals surface area contributed by atoms with Gasteiger partial charge in [0.25, 0.3) is 0 Å². The lowest BCUT2D eigenvalue weighted by Gasteiger charge is -2.15. The van der Waals surface area contributed by atoms with Gasteiger partial charge in [-0.05, 0) is 42.0 Å². The molecule has 0 radical (unpaired) electrons. The summed E-state index contributed by atoms with van der Waals surface area (Å²) in [5, 5.41) is 19.2. The van der Waals surface area contributed by atoms with Crippen LogP contribution in [-0.4, -0.2) is 22.2 Å². The number of hydrogen-bond donors (Lipinski definition) is 2. The zero-order valence-electron chi connectivity index (χ0n) is 18.0. The van der Waals surface area contributed by atoms with Crippen LogP contribution in [0.25, 0.3) is 0 Å². The van der Waals surface area contributed by atoms with E-state index in [2.05, 4.69) is 6.92 Å². The summed E-state index contributed by atoms with van der Waals surface area (Å²) < 4.78 is 0. The smallest absolute Gasteiger partial charge is 0.336 e. The largest absolute Gasteiger partial charge is 0.478 e. The second-order valence-electron chi connectivity index (χ2n) is 7.98. The highest BCUT2D eigenvalue weighted by Crippen LogP contribution is 2.25. The number of carboxylic acid groups (broad SMARTS) is 2. The number of unbranched alkanes of at least 4 members (excludes halogenated alkanes) is 8. The van der Waals surface area contributed by atoms with E-state index in [9.17, 15) is 19.8 Å². The molecule has 0 atom stereocenters. The third-order valence-electron chi connectivity index (χ3n) is 5.63. The lowest BCUT2D eigenvalue weighted by molar-refractivity contribution is 0.0650. The van der Waals surface area contributed by atoms with Crippen LogP contribution in [0.3, 0.4) is 0 Å². The van der Waals surface area contributed by atoms with E-state index < -0.39 is 11.9 Å². The highest BCUT2D eigenvalue weighted by molar-refractivity contribution is 6.03. The van der Waals surface area contributed by atoms with Crippen LogP contribution in [0.1, 0.15) is 102 Å². The monoisotopic (exact) mass is 410 g/mol. The minimum Gasteiger partial charge on any atom is -0.478 e. The Hall–Kier alpha value is -2.62. The molecule has 0 amide bonds. The van der Waals surface area contributed by atoms with Crippen molar-refractivity contribution in [1.29, 1.82) is 0 Å². The van der Waals surface area contributed by atoms with Gasteiger partial charge in [-0.25, -0.2) is 9.59 Å². The van der Waals surface area contributed by atoms with Gasteiger partial charge in [-0.3, -0.25) is 0 Å². The minimum atomic E-state index is -1.20. The lowest BCUT2D eigenvalue weighted by atomic mass is 9.89. The fourth-order valence-corrected chi connectivity index (χ4v) is 3.98. The van der Waals surface area contributed by atoms with Gasteiger partial charge in [-0.15, -0.1) is 0 Å². The van der Waals surface area contributed by atoms with E-state index in [-0.39, 0.29) is 11.1 Å². The Labute approximate surface area is 180 Å². The van der Waals surface area contributed by atoms with Crippen molar-refractivity contribution in [2.75, 3.05) is 0 Å². The van der Waals surface area contributed by atoms with Crippen LogP contribution in [0, 0.1) is 0 Å². The van der Waals surface area contributed by atoms with Crippen molar-refractivity contribution in [1.82, 2.24) is 0 Å². The predicted octanol–water partition coefficient (Wildman–Crippen LogP) is 6.75. The van der Waals surface area contributed by atoms with E-state index in [1.165, 1.54) is 51.0 Å². The van der Waals surface area contributed by atoms with Crippen LogP contribution in [0.5, 0.6) is 0 Å². The maximum absolute atomic E-state index is 11.9. The normalized spacial score (nSPS) is 10.8. The van der Waals surface area contributed by atoms with Crippen molar-refractivity contribution in [3.05, 3.63) is 70.3 Å². The summed E-state index contributed by atoms with van der Waals surface area (Å²) in [6.45, 7) is 2.23. The number of carbonyl (C=O) groups is 2. The Morgan fingerprint density at radius 1 is 0.733 bits per heavy atom. The molecular weight excluding hydrogens is 376 g/mol. The molecule has 4 heteroatoms. The second-order valence-corrected chi connectivity index (χ2v) is 7.98. The Morgan fingerprint density at radius 3 is 1.90 bits per heavy atom. The highest BCUT2D eigenvalue weighted by Gasteiger charge is 2.22. The fraction of sp³-hybridized carbons (Fsp3) is 0.462. The molecular formula is C26H34O4. The molecule has 2 rings (SSSR count). The second kappa shape index (κ2) is 12.8. The lowest BCUT2D eigenvalue weighted by Crippen LogP contribution is -2.14. The third kappa shape index (κ3) is 7.33. The minimum absolute atomic E-state index is 0.0697. The molecule has 0 heterocycles. The Bertz CT molecular complexity index is 811. The van der Waals surface area contributed by atoms with E-state index in [0.717, 1.165) is 30.4 Å². The van der Waals surface area contributed by atoms with E-state index in [1.54, 1.807) is 6.07 Å². The molecule has 2 aromatic carbocycles. The van der Waals surface area contributed by atoms with E-state index in [1.807, 2.05) is 30.3 Å². The Balaban J connectivity index is 2.07. The maximum atomic E-state index is 11.9. The van der Waals surface area contributed by atoms with Crippen molar-refractivity contribution >= 4 is 11.9 Å².